The molecule has 0 saturated heterocycles. The number of imidazole rings is 1. The molecule has 106 valence electrons. The summed E-state index contributed by atoms with van der Waals surface area (Å²) in [5.74, 6) is 0.365. The van der Waals surface area contributed by atoms with E-state index in [1.54, 1.807) is 11.6 Å². The van der Waals surface area contributed by atoms with E-state index < -0.39 is 0 Å². The molecule has 0 fully saturated rings. The first-order chi connectivity index (χ1) is 10.2. The molecule has 1 N–H and O–H groups in total. The number of nitrogens with one attached hydrogen (secondary N) is 1. The number of nitrogens with zero attached hydrogens (tertiary/aromatic N) is 3. The summed E-state index contributed by atoms with van der Waals surface area (Å²) in [5.41, 5.74) is 2.52. The molecule has 6 nitrogen and oxygen atoms in total. The van der Waals surface area contributed by atoms with Crippen LogP contribution in [0.1, 0.15) is 23.6 Å². The van der Waals surface area contributed by atoms with Crippen molar-refractivity contribution in [2.75, 3.05) is 5.32 Å². The van der Waals surface area contributed by atoms with Crippen LogP contribution >= 0.6 is 11.3 Å². The van der Waals surface area contributed by atoms with Crippen molar-refractivity contribution in [1.82, 2.24) is 9.38 Å². The number of nitro groups is 1. The van der Waals surface area contributed by atoms with Gasteiger partial charge in [0.15, 0.2) is 0 Å². The van der Waals surface area contributed by atoms with Gasteiger partial charge in [0.2, 0.25) is 5.82 Å². The zero-order valence-electron chi connectivity index (χ0n) is 11.0. The Bertz CT molecular complexity index is 838. The fourth-order valence-electron chi connectivity index (χ4n) is 2.92. The summed E-state index contributed by atoms with van der Waals surface area (Å²) in [6.07, 6.45) is 3.60. The van der Waals surface area contributed by atoms with Crippen molar-refractivity contribution in [3.8, 4) is 0 Å². The van der Waals surface area contributed by atoms with Crippen LogP contribution in [0.4, 0.5) is 11.6 Å². The van der Waals surface area contributed by atoms with Crippen LogP contribution in [0.25, 0.3) is 4.96 Å². The lowest BCUT2D eigenvalue weighted by atomic mass is 10.1. The third-order valence-electron chi connectivity index (χ3n) is 3.85. The zero-order valence-corrected chi connectivity index (χ0v) is 11.8. The van der Waals surface area contributed by atoms with Crippen molar-refractivity contribution in [3.05, 3.63) is 57.1 Å². The summed E-state index contributed by atoms with van der Waals surface area (Å²) in [5, 5.41) is 16.4. The Morgan fingerprint density at radius 3 is 3.14 bits per heavy atom. The summed E-state index contributed by atoms with van der Waals surface area (Å²) in [6, 6.07) is 8.29. The molecule has 21 heavy (non-hydrogen) atoms. The lowest BCUT2D eigenvalue weighted by Gasteiger charge is -2.12. The smallest absolute Gasteiger partial charge is 0.358 e. The molecule has 4 rings (SSSR count). The predicted molar refractivity (Wildman–Crippen MR) is 80.9 cm³/mol. The molecule has 3 aromatic rings. The molecule has 2 aromatic heterocycles. The van der Waals surface area contributed by atoms with E-state index in [0.29, 0.717) is 10.8 Å². The minimum atomic E-state index is -0.379. The summed E-state index contributed by atoms with van der Waals surface area (Å²) in [6.45, 7) is 0. The molecule has 0 aliphatic heterocycles. The van der Waals surface area contributed by atoms with Crippen molar-refractivity contribution < 1.29 is 4.92 Å². The van der Waals surface area contributed by atoms with E-state index in [1.165, 1.54) is 26.9 Å². The molecular formula is C14H12N4O2S. The molecule has 0 amide bonds. The van der Waals surface area contributed by atoms with Crippen molar-refractivity contribution in [2.45, 2.75) is 18.9 Å². The number of hydrogen-bond acceptors (Lipinski definition) is 5. The first-order valence-corrected chi connectivity index (χ1v) is 7.56. The molecule has 1 unspecified atom stereocenters. The van der Waals surface area contributed by atoms with Crippen LogP contribution in [-0.2, 0) is 6.42 Å². The second-order valence-corrected chi connectivity index (χ2v) is 5.90. The van der Waals surface area contributed by atoms with Crippen LogP contribution < -0.4 is 5.32 Å². The minimum absolute atomic E-state index is 0.00984. The number of fused-ring (bicyclic) bond motifs is 2. The van der Waals surface area contributed by atoms with Crippen LogP contribution in [0.3, 0.4) is 0 Å². The van der Waals surface area contributed by atoms with Gasteiger partial charge in [-0.15, -0.1) is 0 Å². The summed E-state index contributed by atoms with van der Waals surface area (Å²) in [4.78, 5) is 15.9. The van der Waals surface area contributed by atoms with E-state index in [4.69, 9.17) is 0 Å². The highest BCUT2D eigenvalue weighted by Crippen LogP contribution is 2.36. The van der Waals surface area contributed by atoms with Gasteiger partial charge in [-0.2, -0.15) is 9.38 Å². The molecule has 0 saturated carbocycles. The van der Waals surface area contributed by atoms with Gasteiger partial charge in [0.05, 0.1) is 6.04 Å². The Hall–Kier alpha value is -2.41. The maximum atomic E-state index is 11.3. The standard InChI is InChI=1S/C14H12N4O2S/c19-18(20)13-12(16-14-17(13)7-8-21-14)15-11-6-5-9-3-1-2-4-10(9)11/h1-4,7-8,11,15H,5-6H2. The molecule has 1 atom stereocenters. The van der Waals surface area contributed by atoms with E-state index in [9.17, 15) is 10.1 Å². The van der Waals surface area contributed by atoms with Crippen LogP contribution in [0.2, 0.25) is 0 Å². The summed E-state index contributed by atoms with van der Waals surface area (Å²) < 4.78 is 1.52. The van der Waals surface area contributed by atoms with Gasteiger partial charge >= 0.3 is 5.82 Å². The quantitative estimate of drug-likeness (QED) is 0.594. The van der Waals surface area contributed by atoms with Gasteiger partial charge in [-0.05, 0) is 28.9 Å². The van der Waals surface area contributed by atoms with E-state index in [1.807, 2.05) is 12.1 Å². The number of aromatic nitrogens is 2. The second kappa shape index (κ2) is 4.56. The van der Waals surface area contributed by atoms with Gasteiger partial charge in [0.1, 0.15) is 6.20 Å². The average Bonchev–Trinajstić information content (AvgIpc) is 3.13. The zero-order chi connectivity index (χ0) is 14.4. The molecule has 7 heteroatoms. The van der Waals surface area contributed by atoms with Crippen LogP contribution in [0.15, 0.2) is 35.8 Å². The third kappa shape index (κ3) is 1.89. The van der Waals surface area contributed by atoms with E-state index in [2.05, 4.69) is 22.4 Å². The minimum Gasteiger partial charge on any atom is -0.358 e. The van der Waals surface area contributed by atoms with Crippen molar-refractivity contribution in [1.29, 1.82) is 0 Å². The Kier molecular flexibility index (Phi) is 2.68. The van der Waals surface area contributed by atoms with Crippen LogP contribution in [0.5, 0.6) is 0 Å². The van der Waals surface area contributed by atoms with Gasteiger partial charge < -0.3 is 15.4 Å². The van der Waals surface area contributed by atoms with E-state index >= 15 is 0 Å². The number of thiazole rings is 1. The van der Waals surface area contributed by atoms with Gasteiger partial charge in [-0.1, -0.05) is 35.6 Å². The van der Waals surface area contributed by atoms with Gasteiger partial charge in [0.25, 0.3) is 4.96 Å². The maximum Gasteiger partial charge on any atom is 0.372 e. The number of hydrogen-bond donors (Lipinski definition) is 1. The van der Waals surface area contributed by atoms with Crippen LogP contribution in [-0.4, -0.2) is 14.3 Å². The third-order valence-corrected chi connectivity index (χ3v) is 4.61. The van der Waals surface area contributed by atoms with E-state index in [-0.39, 0.29) is 16.8 Å². The molecule has 1 aliphatic carbocycles. The molecule has 2 heterocycles. The van der Waals surface area contributed by atoms with Crippen molar-refractivity contribution in [2.24, 2.45) is 0 Å². The summed E-state index contributed by atoms with van der Waals surface area (Å²) in [7, 11) is 0. The monoisotopic (exact) mass is 300 g/mol. The first-order valence-electron chi connectivity index (χ1n) is 6.68. The maximum absolute atomic E-state index is 11.3. The molecule has 1 aromatic carbocycles. The largest absolute Gasteiger partial charge is 0.372 e. The SMILES string of the molecule is O=[N+]([O-])c1c(NC2CCc3ccccc32)nc2sccn12. The molecular weight excluding hydrogens is 288 g/mol. The lowest BCUT2D eigenvalue weighted by Crippen LogP contribution is -2.09. The average molecular weight is 300 g/mol. The highest BCUT2D eigenvalue weighted by molar-refractivity contribution is 7.15. The predicted octanol–water partition coefficient (Wildman–Crippen LogP) is 3.40. The fraction of sp³-hybridized carbons (Fsp3) is 0.214. The fourth-order valence-corrected chi connectivity index (χ4v) is 3.63. The Labute approximate surface area is 124 Å². The highest BCUT2D eigenvalue weighted by Gasteiger charge is 2.28. The molecule has 0 bridgehead atoms. The highest BCUT2D eigenvalue weighted by atomic mass is 32.1. The first kappa shape index (κ1) is 12.3. The normalized spacial score (nSPS) is 17.0. The second-order valence-electron chi connectivity index (χ2n) is 5.03. The Balaban J connectivity index is 1.74. The number of benzene rings is 1. The lowest BCUT2D eigenvalue weighted by molar-refractivity contribution is -0.389. The topological polar surface area (TPSA) is 72.5 Å². The Morgan fingerprint density at radius 2 is 2.29 bits per heavy atom. The number of anilines is 1. The van der Waals surface area contributed by atoms with Crippen molar-refractivity contribution >= 4 is 27.9 Å². The van der Waals surface area contributed by atoms with Crippen molar-refractivity contribution in [3.63, 3.8) is 0 Å². The Morgan fingerprint density at radius 1 is 1.43 bits per heavy atom. The number of aryl methyl sites for hydroxylation is 1. The summed E-state index contributed by atoms with van der Waals surface area (Å²) >= 11 is 1.39. The molecule has 1 aliphatic rings. The van der Waals surface area contributed by atoms with Gasteiger partial charge in [-0.25, -0.2) is 0 Å². The number of rotatable bonds is 3. The van der Waals surface area contributed by atoms with Crippen LogP contribution in [0, 0.1) is 10.1 Å². The molecule has 0 spiro atoms. The van der Waals surface area contributed by atoms with Gasteiger partial charge in [-0.3, -0.25) is 0 Å². The van der Waals surface area contributed by atoms with E-state index in [0.717, 1.165) is 12.8 Å². The van der Waals surface area contributed by atoms with Gasteiger partial charge in [0, 0.05) is 5.38 Å². The molecule has 0 radical (unpaired) electrons.